The lowest BCUT2D eigenvalue weighted by Gasteiger charge is -2.21. The number of fused-ring (bicyclic) bond motifs is 2. The summed E-state index contributed by atoms with van der Waals surface area (Å²) in [6.45, 7) is 3.13. The van der Waals surface area contributed by atoms with Crippen molar-refractivity contribution in [3.05, 3.63) is 81.4 Å². The van der Waals surface area contributed by atoms with Crippen molar-refractivity contribution in [2.24, 2.45) is 0 Å². The largest absolute Gasteiger partial charge is 0.416 e. The summed E-state index contributed by atoms with van der Waals surface area (Å²) in [5, 5.41) is 3.71. The molecule has 4 aromatic rings. The van der Waals surface area contributed by atoms with E-state index in [2.05, 4.69) is 10.3 Å². The average Bonchev–Trinajstić information content (AvgIpc) is 3.45. The van der Waals surface area contributed by atoms with E-state index in [1.54, 1.807) is 26.1 Å². The third-order valence-corrected chi connectivity index (χ3v) is 7.48. The highest BCUT2D eigenvalue weighted by atomic mass is 32.1. The number of nitrogens with zero attached hydrogens (tertiary/aromatic N) is 1. The number of hydrogen-bond donors (Lipinski definition) is 2. The van der Waals surface area contributed by atoms with Gasteiger partial charge in [-0.25, -0.2) is 4.39 Å². The van der Waals surface area contributed by atoms with E-state index in [-0.39, 0.29) is 23.9 Å². The Balaban J connectivity index is 1.46. The van der Waals surface area contributed by atoms with Gasteiger partial charge in [0.05, 0.1) is 33.8 Å². The van der Waals surface area contributed by atoms with Crippen molar-refractivity contribution in [1.29, 1.82) is 0 Å². The van der Waals surface area contributed by atoms with Gasteiger partial charge >= 0.3 is 6.18 Å². The van der Waals surface area contributed by atoms with Crippen LogP contribution in [0.5, 0.6) is 0 Å². The standard InChI is InChI=1S/C25H19F4N3O2S/c1-24(2)21-19(32(23(24)34)12-13-7-14(25(27,28)29)9-15(26)8-13)10-20(35-21)22(33)31-18-11-30-17-6-4-3-5-16(17)18/h3-11,30H,12H2,1-2H3,(H,31,33). The maximum atomic E-state index is 13.9. The van der Waals surface area contributed by atoms with Crippen molar-refractivity contribution >= 4 is 45.4 Å². The topological polar surface area (TPSA) is 65.2 Å². The van der Waals surface area contributed by atoms with E-state index in [1.165, 1.54) is 4.90 Å². The number of alkyl halides is 3. The second-order valence-corrected chi connectivity index (χ2v) is 9.94. The zero-order valence-electron chi connectivity index (χ0n) is 18.6. The van der Waals surface area contributed by atoms with Crippen LogP contribution < -0.4 is 10.2 Å². The van der Waals surface area contributed by atoms with E-state index in [0.717, 1.165) is 34.4 Å². The van der Waals surface area contributed by atoms with E-state index in [9.17, 15) is 27.2 Å². The van der Waals surface area contributed by atoms with E-state index < -0.39 is 23.0 Å². The smallest absolute Gasteiger partial charge is 0.359 e. The summed E-state index contributed by atoms with van der Waals surface area (Å²) in [5.41, 5.74) is -0.201. The number of aromatic nitrogens is 1. The predicted molar refractivity (Wildman–Crippen MR) is 126 cm³/mol. The van der Waals surface area contributed by atoms with Crippen LogP contribution in [-0.2, 0) is 22.9 Å². The maximum absolute atomic E-state index is 13.9. The Kier molecular flexibility index (Phi) is 5.24. The third kappa shape index (κ3) is 3.97. The zero-order chi connectivity index (χ0) is 25.1. The summed E-state index contributed by atoms with van der Waals surface area (Å²) in [5.74, 6) is -1.74. The fourth-order valence-corrected chi connectivity index (χ4v) is 5.44. The Bertz CT molecular complexity index is 1490. The molecule has 2 aromatic heterocycles. The maximum Gasteiger partial charge on any atom is 0.416 e. The molecule has 0 atom stereocenters. The number of carbonyl (C=O) groups excluding carboxylic acids is 2. The first-order valence-corrected chi connectivity index (χ1v) is 11.5. The van der Waals surface area contributed by atoms with Gasteiger partial charge in [0.25, 0.3) is 5.91 Å². The van der Waals surface area contributed by atoms with Gasteiger partial charge in [0.1, 0.15) is 5.82 Å². The van der Waals surface area contributed by atoms with E-state index in [0.29, 0.717) is 27.2 Å². The van der Waals surface area contributed by atoms with Gasteiger partial charge in [-0.05, 0) is 49.7 Å². The van der Waals surface area contributed by atoms with Gasteiger partial charge in [-0.1, -0.05) is 18.2 Å². The van der Waals surface area contributed by atoms with Crippen molar-refractivity contribution in [3.63, 3.8) is 0 Å². The number of anilines is 2. The molecule has 1 aliphatic heterocycles. The molecule has 0 saturated carbocycles. The second kappa shape index (κ2) is 7.94. The minimum absolute atomic E-state index is 0.00493. The summed E-state index contributed by atoms with van der Waals surface area (Å²) in [7, 11) is 0. The van der Waals surface area contributed by atoms with Gasteiger partial charge in [0.2, 0.25) is 5.91 Å². The number of carbonyl (C=O) groups is 2. The first-order chi connectivity index (χ1) is 16.4. The highest BCUT2D eigenvalue weighted by Gasteiger charge is 2.46. The molecule has 180 valence electrons. The van der Waals surface area contributed by atoms with E-state index in [4.69, 9.17) is 0 Å². The normalized spacial score (nSPS) is 15.0. The van der Waals surface area contributed by atoms with E-state index in [1.807, 2.05) is 24.3 Å². The van der Waals surface area contributed by atoms with Gasteiger partial charge in [0, 0.05) is 22.0 Å². The molecule has 1 aliphatic rings. The molecule has 5 rings (SSSR count). The lowest BCUT2D eigenvalue weighted by Crippen LogP contribution is -2.36. The van der Waals surface area contributed by atoms with Crippen LogP contribution in [0.4, 0.5) is 28.9 Å². The summed E-state index contributed by atoms with van der Waals surface area (Å²) in [6, 6.07) is 11.3. The number of hydrogen-bond acceptors (Lipinski definition) is 3. The molecule has 0 bridgehead atoms. The SMILES string of the molecule is CC1(C)C(=O)N(Cc2cc(F)cc(C(F)(F)F)c2)c2cc(C(=O)Nc3c[nH]c4ccccc34)sc21. The average molecular weight is 502 g/mol. The summed E-state index contributed by atoms with van der Waals surface area (Å²) in [4.78, 5) is 31.5. The molecule has 0 saturated heterocycles. The predicted octanol–water partition coefficient (Wildman–Crippen LogP) is 6.46. The van der Waals surface area contributed by atoms with Gasteiger partial charge in [-0.3, -0.25) is 9.59 Å². The monoisotopic (exact) mass is 501 g/mol. The number of para-hydroxylation sites is 1. The minimum Gasteiger partial charge on any atom is -0.359 e. The minimum atomic E-state index is -4.72. The first-order valence-electron chi connectivity index (χ1n) is 10.7. The molecule has 35 heavy (non-hydrogen) atoms. The number of H-pyrrole nitrogens is 1. The molecule has 2 amide bonds. The molecule has 2 aromatic carbocycles. The van der Waals surface area contributed by atoms with Crippen molar-refractivity contribution < 1.29 is 27.2 Å². The van der Waals surface area contributed by atoms with Crippen LogP contribution in [0.1, 0.15) is 39.5 Å². The van der Waals surface area contributed by atoms with Gasteiger partial charge in [-0.15, -0.1) is 11.3 Å². The molecule has 0 fully saturated rings. The highest BCUT2D eigenvalue weighted by Crippen LogP contribution is 2.47. The van der Waals surface area contributed by atoms with E-state index >= 15 is 0 Å². The number of amides is 2. The number of rotatable bonds is 4. The lowest BCUT2D eigenvalue weighted by molar-refractivity contribution is -0.137. The Morgan fingerprint density at radius 2 is 1.89 bits per heavy atom. The first kappa shape index (κ1) is 23.1. The number of nitrogens with one attached hydrogen (secondary N) is 2. The van der Waals surface area contributed by atoms with Crippen molar-refractivity contribution in [3.8, 4) is 0 Å². The van der Waals surface area contributed by atoms with Crippen molar-refractivity contribution in [1.82, 2.24) is 4.98 Å². The Morgan fingerprint density at radius 1 is 1.14 bits per heavy atom. The number of aromatic amines is 1. The Labute approximate surface area is 201 Å². The molecular weight excluding hydrogens is 482 g/mol. The molecule has 3 heterocycles. The van der Waals surface area contributed by atoms with Crippen LogP contribution in [0.25, 0.3) is 10.9 Å². The quantitative estimate of drug-likeness (QED) is 0.315. The number of thiophene rings is 1. The second-order valence-electron chi connectivity index (χ2n) is 8.89. The molecule has 0 spiro atoms. The van der Waals surface area contributed by atoms with Crippen molar-refractivity contribution in [2.45, 2.75) is 32.0 Å². The van der Waals surface area contributed by atoms with Crippen LogP contribution in [-0.4, -0.2) is 16.8 Å². The fourth-order valence-electron chi connectivity index (χ4n) is 4.29. The molecule has 0 radical (unpaired) electrons. The van der Waals surface area contributed by atoms with Gasteiger partial charge in [-0.2, -0.15) is 13.2 Å². The van der Waals surface area contributed by atoms with Crippen LogP contribution in [0.15, 0.2) is 54.7 Å². The molecule has 0 unspecified atom stereocenters. The van der Waals surface area contributed by atoms with Crippen molar-refractivity contribution in [2.75, 3.05) is 10.2 Å². The van der Waals surface area contributed by atoms with Crippen LogP contribution in [0.3, 0.4) is 0 Å². The molecule has 0 aliphatic carbocycles. The highest BCUT2D eigenvalue weighted by molar-refractivity contribution is 7.15. The summed E-state index contributed by atoms with van der Waals surface area (Å²) < 4.78 is 53.4. The number of halogens is 4. The number of benzene rings is 2. The zero-order valence-corrected chi connectivity index (χ0v) is 19.4. The fraction of sp³-hybridized carbons (Fsp3) is 0.200. The van der Waals surface area contributed by atoms with Crippen LogP contribution >= 0.6 is 11.3 Å². The lowest BCUT2D eigenvalue weighted by atomic mass is 9.93. The molecule has 5 nitrogen and oxygen atoms in total. The van der Waals surface area contributed by atoms with Gasteiger partial charge in [0.15, 0.2) is 0 Å². The summed E-state index contributed by atoms with van der Waals surface area (Å²) in [6.07, 6.45) is -3.03. The Hall–Kier alpha value is -3.66. The molecule has 2 N–H and O–H groups in total. The third-order valence-electron chi connectivity index (χ3n) is 6.04. The summed E-state index contributed by atoms with van der Waals surface area (Å²) >= 11 is 1.15. The molecule has 10 heteroatoms. The van der Waals surface area contributed by atoms with Crippen LogP contribution in [0.2, 0.25) is 0 Å². The van der Waals surface area contributed by atoms with Gasteiger partial charge < -0.3 is 15.2 Å². The van der Waals surface area contributed by atoms with Crippen LogP contribution in [0, 0.1) is 5.82 Å². The molecular formula is C25H19F4N3O2S. The Morgan fingerprint density at radius 3 is 2.63 bits per heavy atom.